The third-order valence-electron chi connectivity index (χ3n) is 2.77. The van der Waals surface area contributed by atoms with Crippen LogP contribution in [-0.2, 0) is 9.53 Å². The number of anilines is 1. The molecule has 2 atom stereocenters. The second-order valence-electron chi connectivity index (χ2n) is 4.45. The summed E-state index contributed by atoms with van der Waals surface area (Å²) >= 11 is 0. The van der Waals surface area contributed by atoms with E-state index in [-0.39, 0.29) is 11.6 Å². The molecule has 2 heterocycles. The summed E-state index contributed by atoms with van der Waals surface area (Å²) in [4.78, 5) is 26.6. The van der Waals surface area contributed by atoms with E-state index in [1.54, 1.807) is 6.07 Å². The van der Waals surface area contributed by atoms with Crippen molar-refractivity contribution in [3.63, 3.8) is 0 Å². The number of primary amides is 1. The number of aromatic nitrogens is 1. The SMILES string of the molecule is CC1CO[C@@H](C(=O)Nc2ccnc(C(N)=O)c2)C1. The largest absolute Gasteiger partial charge is 0.368 e. The molecule has 18 heavy (non-hydrogen) atoms. The highest BCUT2D eigenvalue weighted by Crippen LogP contribution is 2.20. The number of hydrogen-bond donors (Lipinski definition) is 2. The molecule has 6 heteroatoms. The molecule has 0 bridgehead atoms. The number of amides is 2. The monoisotopic (exact) mass is 249 g/mol. The molecule has 0 aromatic carbocycles. The smallest absolute Gasteiger partial charge is 0.267 e. The van der Waals surface area contributed by atoms with Gasteiger partial charge in [0.15, 0.2) is 0 Å². The van der Waals surface area contributed by atoms with Gasteiger partial charge in [0, 0.05) is 11.9 Å². The fourth-order valence-corrected chi connectivity index (χ4v) is 1.83. The molecule has 96 valence electrons. The fourth-order valence-electron chi connectivity index (χ4n) is 1.83. The average molecular weight is 249 g/mol. The second-order valence-corrected chi connectivity index (χ2v) is 4.45. The number of rotatable bonds is 3. The van der Waals surface area contributed by atoms with Gasteiger partial charge in [0.25, 0.3) is 11.8 Å². The van der Waals surface area contributed by atoms with Crippen LogP contribution in [0.5, 0.6) is 0 Å². The predicted octanol–water partition coefficient (Wildman–Crippen LogP) is 0.544. The molecule has 3 N–H and O–H groups in total. The van der Waals surface area contributed by atoms with Crippen molar-refractivity contribution in [2.75, 3.05) is 11.9 Å². The van der Waals surface area contributed by atoms with Crippen LogP contribution in [0.25, 0.3) is 0 Å². The minimum Gasteiger partial charge on any atom is -0.368 e. The van der Waals surface area contributed by atoms with Crippen molar-refractivity contribution in [1.82, 2.24) is 4.98 Å². The first-order valence-electron chi connectivity index (χ1n) is 5.74. The van der Waals surface area contributed by atoms with Gasteiger partial charge in [-0.25, -0.2) is 0 Å². The topological polar surface area (TPSA) is 94.3 Å². The molecule has 1 aromatic rings. The van der Waals surface area contributed by atoms with Crippen LogP contribution >= 0.6 is 0 Å². The molecular formula is C12H15N3O3. The van der Waals surface area contributed by atoms with E-state index >= 15 is 0 Å². The van der Waals surface area contributed by atoms with Crippen LogP contribution in [-0.4, -0.2) is 29.5 Å². The Labute approximate surface area is 105 Å². The van der Waals surface area contributed by atoms with Crippen LogP contribution in [0.3, 0.4) is 0 Å². The first-order valence-corrected chi connectivity index (χ1v) is 5.74. The number of pyridine rings is 1. The van der Waals surface area contributed by atoms with Crippen molar-refractivity contribution < 1.29 is 14.3 Å². The van der Waals surface area contributed by atoms with Crippen molar-refractivity contribution in [3.8, 4) is 0 Å². The third-order valence-corrected chi connectivity index (χ3v) is 2.77. The maximum atomic E-state index is 11.9. The molecule has 2 amide bonds. The summed E-state index contributed by atoms with van der Waals surface area (Å²) < 4.78 is 5.36. The van der Waals surface area contributed by atoms with Crippen molar-refractivity contribution in [2.45, 2.75) is 19.4 Å². The molecule has 1 aliphatic rings. The summed E-state index contributed by atoms with van der Waals surface area (Å²) in [7, 11) is 0. The van der Waals surface area contributed by atoms with Crippen LogP contribution in [0.15, 0.2) is 18.3 Å². The van der Waals surface area contributed by atoms with Crippen LogP contribution in [0.2, 0.25) is 0 Å². The zero-order chi connectivity index (χ0) is 13.1. The lowest BCUT2D eigenvalue weighted by atomic mass is 10.1. The molecule has 6 nitrogen and oxygen atoms in total. The summed E-state index contributed by atoms with van der Waals surface area (Å²) in [6, 6.07) is 3.04. The van der Waals surface area contributed by atoms with Gasteiger partial charge in [-0.15, -0.1) is 0 Å². The van der Waals surface area contributed by atoms with E-state index in [0.29, 0.717) is 24.6 Å². The van der Waals surface area contributed by atoms with Crippen molar-refractivity contribution in [1.29, 1.82) is 0 Å². The molecule has 1 unspecified atom stereocenters. The molecule has 0 saturated carbocycles. The molecular weight excluding hydrogens is 234 g/mol. The van der Waals surface area contributed by atoms with E-state index in [2.05, 4.69) is 10.3 Å². The molecule has 0 spiro atoms. The number of hydrogen-bond acceptors (Lipinski definition) is 4. The Balaban J connectivity index is 2.03. The van der Waals surface area contributed by atoms with Gasteiger partial charge in [-0.3, -0.25) is 14.6 Å². The van der Waals surface area contributed by atoms with Crippen molar-refractivity contribution >= 4 is 17.5 Å². The van der Waals surface area contributed by atoms with Gasteiger partial charge in [0.1, 0.15) is 11.8 Å². The number of carbonyl (C=O) groups excluding carboxylic acids is 2. The molecule has 2 rings (SSSR count). The number of carbonyl (C=O) groups is 2. The summed E-state index contributed by atoms with van der Waals surface area (Å²) in [6.07, 6.45) is 1.71. The Morgan fingerprint density at radius 2 is 2.33 bits per heavy atom. The third kappa shape index (κ3) is 2.84. The van der Waals surface area contributed by atoms with E-state index in [4.69, 9.17) is 10.5 Å². The maximum Gasteiger partial charge on any atom is 0.267 e. The van der Waals surface area contributed by atoms with Gasteiger partial charge in [-0.05, 0) is 24.5 Å². The van der Waals surface area contributed by atoms with Crippen molar-refractivity contribution in [3.05, 3.63) is 24.0 Å². The minimum atomic E-state index is -0.628. The Morgan fingerprint density at radius 1 is 1.56 bits per heavy atom. The average Bonchev–Trinajstić information content (AvgIpc) is 2.76. The molecule has 0 aliphatic carbocycles. The molecule has 1 aliphatic heterocycles. The highest BCUT2D eigenvalue weighted by Gasteiger charge is 2.28. The normalized spacial score (nSPS) is 22.7. The molecule has 0 radical (unpaired) electrons. The number of nitrogens with one attached hydrogen (secondary N) is 1. The number of nitrogens with zero attached hydrogens (tertiary/aromatic N) is 1. The molecule has 1 saturated heterocycles. The van der Waals surface area contributed by atoms with Crippen LogP contribution in [0, 0.1) is 5.92 Å². The quantitative estimate of drug-likeness (QED) is 0.817. The van der Waals surface area contributed by atoms with Crippen LogP contribution in [0.1, 0.15) is 23.8 Å². The van der Waals surface area contributed by atoms with Crippen molar-refractivity contribution in [2.24, 2.45) is 11.7 Å². The summed E-state index contributed by atoms with van der Waals surface area (Å²) in [5.41, 5.74) is 5.73. The Kier molecular flexibility index (Phi) is 3.57. The summed E-state index contributed by atoms with van der Waals surface area (Å²) in [5.74, 6) is -0.447. The predicted molar refractivity (Wildman–Crippen MR) is 64.9 cm³/mol. The standard InChI is InChI=1S/C12H15N3O3/c1-7-4-10(18-6-7)12(17)15-8-2-3-14-9(5-8)11(13)16/h2-3,5,7,10H,4,6H2,1H3,(H2,13,16)(H,14,15,17)/t7?,10-/m1/s1. The van der Waals surface area contributed by atoms with E-state index in [1.165, 1.54) is 12.3 Å². The lowest BCUT2D eigenvalue weighted by Crippen LogP contribution is -2.27. The van der Waals surface area contributed by atoms with E-state index in [1.807, 2.05) is 6.92 Å². The highest BCUT2D eigenvalue weighted by molar-refractivity contribution is 5.96. The van der Waals surface area contributed by atoms with E-state index in [0.717, 1.165) is 0 Å². The van der Waals surface area contributed by atoms with Gasteiger partial charge < -0.3 is 15.8 Å². The Morgan fingerprint density at radius 3 is 2.94 bits per heavy atom. The van der Waals surface area contributed by atoms with Crippen LogP contribution < -0.4 is 11.1 Å². The zero-order valence-electron chi connectivity index (χ0n) is 10.1. The number of nitrogens with two attached hydrogens (primary N) is 1. The Bertz CT molecular complexity index is 475. The van der Waals surface area contributed by atoms with Gasteiger partial charge in [-0.1, -0.05) is 6.92 Å². The second kappa shape index (κ2) is 5.14. The Hall–Kier alpha value is -1.95. The summed E-state index contributed by atoms with van der Waals surface area (Å²) in [5, 5.41) is 2.69. The highest BCUT2D eigenvalue weighted by atomic mass is 16.5. The number of ether oxygens (including phenoxy) is 1. The molecule has 1 fully saturated rings. The molecule has 1 aromatic heterocycles. The van der Waals surface area contributed by atoms with Gasteiger partial charge in [0.05, 0.1) is 6.61 Å². The summed E-state index contributed by atoms with van der Waals surface area (Å²) in [6.45, 7) is 2.63. The van der Waals surface area contributed by atoms with E-state index in [9.17, 15) is 9.59 Å². The van der Waals surface area contributed by atoms with Gasteiger partial charge >= 0.3 is 0 Å². The van der Waals surface area contributed by atoms with Gasteiger partial charge in [0.2, 0.25) is 0 Å². The van der Waals surface area contributed by atoms with E-state index < -0.39 is 12.0 Å². The lowest BCUT2D eigenvalue weighted by Gasteiger charge is -2.10. The lowest BCUT2D eigenvalue weighted by molar-refractivity contribution is -0.124. The first kappa shape index (κ1) is 12.5. The fraction of sp³-hybridized carbons (Fsp3) is 0.417. The maximum absolute atomic E-state index is 11.9. The van der Waals surface area contributed by atoms with Crippen LogP contribution in [0.4, 0.5) is 5.69 Å². The first-order chi connectivity index (χ1) is 8.56. The minimum absolute atomic E-state index is 0.119. The van der Waals surface area contributed by atoms with Gasteiger partial charge in [-0.2, -0.15) is 0 Å². The zero-order valence-corrected chi connectivity index (χ0v) is 10.1.